The van der Waals surface area contributed by atoms with Gasteiger partial charge in [0.05, 0.1) is 10.5 Å². The molecule has 0 amide bonds. The number of rotatable bonds is 6. The molecule has 0 saturated heterocycles. The van der Waals surface area contributed by atoms with Crippen molar-refractivity contribution in [1.82, 2.24) is 10.1 Å². The smallest absolute Gasteiger partial charge is 0.338 e. The van der Waals surface area contributed by atoms with E-state index in [-0.39, 0.29) is 23.5 Å². The molecule has 1 aromatic heterocycles. The van der Waals surface area contributed by atoms with Gasteiger partial charge in [0.25, 0.3) is 5.69 Å². The van der Waals surface area contributed by atoms with Crippen molar-refractivity contribution in [2.24, 2.45) is 0 Å². The van der Waals surface area contributed by atoms with E-state index < -0.39 is 10.9 Å². The van der Waals surface area contributed by atoms with E-state index in [1.165, 1.54) is 24.5 Å². The standard InChI is InChI=1S/C11H10N4O5/c16-11(17)7-2-1-3-8(15(18)19)10(7)12-5-4-9-13-6-14-20-9/h1-3,6,12H,4-5H2,(H,16,17). The largest absolute Gasteiger partial charge is 0.478 e. The van der Waals surface area contributed by atoms with Crippen LogP contribution in [0.4, 0.5) is 11.4 Å². The Morgan fingerprint density at radius 2 is 2.30 bits per heavy atom. The molecule has 0 saturated carbocycles. The zero-order chi connectivity index (χ0) is 14.5. The van der Waals surface area contributed by atoms with Gasteiger partial charge in [-0.05, 0) is 6.07 Å². The van der Waals surface area contributed by atoms with Crippen LogP contribution in [0.25, 0.3) is 0 Å². The minimum Gasteiger partial charge on any atom is -0.478 e. The third kappa shape index (κ3) is 2.88. The van der Waals surface area contributed by atoms with Gasteiger partial charge in [-0.25, -0.2) is 4.79 Å². The number of nitrogens with one attached hydrogen (secondary N) is 1. The summed E-state index contributed by atoms with van der Waals surface area (Å²) in [6.07, 6.45) is 1.56. The molecule has 20 heavy (non-hydrogen) atoms. The molecule has 9 heteroatoms. The minimum atomic E-state index is -1.24. The number of carboxylic acid groups (broad SMARTS) is 1. The number of aromatic carboxylic acids is 1. The summed E-state index contributed by atoms with van der Waals surface area (Å²) in [6, 6.07) is 3.86. The Kier molecular flexibility index (Phi) is 3.89. The van der Waals surface area contributed by atoms with E-state index in [0.717, 1.165) is 0 Å². The lowest BCUT2D eigenvalue weighted by Gasteiger charge is -2.08. The SMILES string of the molecule is O=C(O)c1cccc([N+](=O)[O-])c1NCCc1ncno1. The van der Waals surface area contributed by atoms with Crippen LogP contribution in [0.5, 0.6) is 0 Å². The van der Waals surface area contributed by atoms with Gasteiger partial charge in [-0.15, -0.1) is 0 Å². The van der Waals surface area contributed by atoms with Gasteiger partial charge in [-0.2, -0.15) is 4.98 Å². The monoisotopic (exact) mass is 278 g/mol. The molecule has 0 bridgehead atoms. The van der Waals surface area contributed by atoms with Crippen LogP contribution in [0.3, 0.4) is 0 Å². The van der Waals surface area contributed by atoms with Crippen LogP contribution in [-0.4, -0.2) is 32.7 Å². The molecule has 0 fully saturated rings. The van der Waals surface area contributed by atoms with Crippen LogP contribution >= 0.6 is 0 Å². The molecule has 0 atom stereocenters. The van der Waals surface area contributed by atoms with Crippen molar-refractivity contribution in [2.45, 2.75) is 6.42 Å². The van der Waals surface area contributed by atoms with Crippen molar-refractivity contribution in [1.29, 1.82) is 0 Å². The van der Waals surface area contributed by atoms with Crippen molar-refractivity contribution in [3.8, 4) is 0 Å². The van der Waals surface area contributed by atoms with Gasteiger partial charge in [0.15, 0.2) is 6.33 Å². The van der Waals surface area contributed by atoms with E-state index in [1.807, 2.05) is 0 Å². The molecule has 0 unspecified atom stereocenters. The fraction of sp³-hybridized carbons (Fsp3) is 0.182. The predicted molar refractivity (Wildman–Crippen MR) is 66.5 cm³/mol. The summed E-state index contributed by atoms with van der Waals surface area (Å²) in [7, 11) is 0. The second-order valence-electron chi connectivity index (χ2n) is 3.77. The number of carboxylic acids is 1. The number of benzene rings is 1. The summed E-state index contributed by atoms with van der Waals surface area (Å²) in [4.78, 5) is 25.2. The summed E-state index contributed by atoms with van der Waals surface area (Å²) in [6.45, 7) is 0.229. The zero-order valence-electron chi connectivity index (χ0n) is 10.1. The molecule has 0 aliphatic carbocycles. The van der Waals surface area contributed by atoms with E-state index >= 15 is 0 Å². The summed E-state index contributed by atoms with van der Waals surface area (Å²) in [5.74, 6) is -0.887. The highest BCUT2D eigenvalue weighted by atomic mass is 16.6. The van der Waals surface area contributed by atoms with Crippen molar-refractivity contribution in [2.75, 3.05) is 11.9 Å². The van der Waals surface area contributed by atoms with Crippen molar-refractivity contribution in [3.05, 3.63) is 46.1 Å². The lowest BCUT2D eigenvalue weighted by molar-refractivity contribution is -0.384. The van der Waals surface area contributed by atoms with E-state index in [0.29, 0.717) is 12.3 Å². The molecule has 0 radical (unpaired) electrons. The third-order valence-electron chi connectivity index (χ3n) is 2.52. The predicted octanol–water partition coefficient (Wildman–Crippen LogP) is 1.33. The Balaban J connectivity index is 2.19. The first kappa shape index (κ1) is 13.5. The summed E-state index contributed by atoms with van der Waals surface area (Å²) in [5, 5.41) is 26.1. The Labute approximate surface area is 112 Å². The highest BCUT2D eigenvalue weighted by Crippen LogP contribution is 2.28. The molecule has 0 spiro atoms. The van der Waals surface area contributed by atoms with E-state index in [2.05, 4.69) is 15.5 Å². The number of para-hydroxylation sites is 1. The van der Waals surface area contributed by atoms with Gasteiger partial charge in [0.2, 0.25) is 5.89 Å². The maximum absolute atomic E-state index is 11.1. The number of carbonyl (C=O) groups is 1. The van der Waals surface area contributed by atoms with Crippen molar-refractivity contribution < 1.29 is 19.3 Å². The molecule has 0 aliphatic rings. The lowest BCUT2D eigenvalue weighted by atomic mass is 10.1. The van der Waals surface area contributed by atoms with Crippen LogP contribution < -0.4 is 5.32 Å². The molecular weight excluding hydrogens is 268 g/mol. The maximum atomic E-state index is 11.1. The van der Waals surface area contributed by atoms with Crippen LogP contribution in [0, 0.1) is 10.1 Å². The van der Waals surface area contributed by atoms with Gasteiger partial charge < -0.3 is 14.9 Å². The van der Waals surface area contributed by atoms with Gasteiger partial charge in [0.1, 0.15) is 5.69 Å². The summed E-state index contributed by atoms with van der Waals surface area (Å²) in [5.41, 5.74) is -0.496. The quantitative estimate of drug-likeness (QED) is 0.597. The second kappa shape index (κ2) is 5.78. The molecule has 1 heterocycles. The molecule has 2 rings (SSSR count). The number of hydrogen-bond acceptors (Lipinski definition) is 7. The fourth-order valence-electron chi connectivity index (χ4n) is 1.66. The van der Waals surface area contributed by atoms with Crippen LogP contribution in [-0.2, 0) is 6.42 Å². The topological polar surface area (TPSA) is 131 Å². The number of hydrogen-bond donors (Lipinski definition) is 2. The summed E-state index contributed by atoms with van der Waals surface area (Å²) < 4.78 is 4.78. The molecular formula is C11H10N4O5. The molecule has 104 valence electrons. The van der Waals surface area contributed by atoms with Gasteiger partial charge in [-0.1, -0.05) is 11.2 Å². The highest BCUT2D eigenvalue weighted by molar-refractivity contribution is 5.96. The number of nitro benzene ring substituents is 1. The van der Waals surface area contributed by atoms with E-state index in [4.69, 9.17) is 9.63 Å². The average Bonchev–Trinajstić information content (AvgIpc) is 2.91. The number of anilines is 1. The first-order valence-electron chi connectivity index (χ1n) is 5.59. The lowest BCUT2D eigenvalue weighted by Crippen LogP contribution is -2.11. The first-order chi connectivity index (χ1) is 9.59. The first-order valence-corrected chi connectivity index (χ1v) is 5.59. The molecule has 0 aliphatic heterocycles. The number of nitrogens with zero attached hydrogens (tertiary/aromatic N) is 3. The number of nitro groups is 1. The van der Waals surface area contributed by atoms with Gasteiger partial charge in [-0.3, -0.25) is 10.1 Å². The molecule has 1 aromatic carbocycles. The minimum absolute atomic E-state index is 0.0375. The molecule has 2 aromatic rings. The van der Waals surface area contributed by atoms with Crippen LogP contribution in [0.1, 0.15) is 16.2 Å². The van der Waals surface area contributed by atoms with Gasteiger partial charge in [0, 0.05) is 19.0 Å². The second-order valence-corrected chi connectivity index (χ2v) is 3.77. The third-order valence-corrected chi connectivity index (χ3v) is 2.52. The summed E-state index contributed by atoms with van der Waals surface area (Å²) >= 11 is 0. The Morgan fingerprint density at radius 3 is 2.90 bits per heavy atom. The normalized spacial score (nSPS) is 10.2. The van der Waals surface area contributed by atoms with Crippen LogP contribution in [0.2, 0.25) is 0 Å². The van der Waals surface area contributed by atoms with Crippen LogP contribution in [0.15, 0.2) is 29.0 Å². The average molecular weight is 278 g/mol. The molecule has 2 N–H and O–H groups in total. The Morgan fingerprint density at radius 1 is 1.50 bits per heavy atom. The van der Waals surface area contributed by atoms with E-state index in [9.17, 15) is 14.9 Å². The fourth-order valence-corrected chi connectivity index (χ4v) is 1.66. The number of aromatic nitrogens is 2. The highest BCUT2D eigenvalue weighted by Gasteiger charge is 2.20. The molecule has 9 nitrogen and oxygen atoms in total. The maximum Gasteiger partial charge on any atom is 0.338 e. The van der Waals surface area contributed by atoms with E-state index in [1.54, 1.807) is 0 Å². The van der Waals surface area contributed by atoms with Crippen molar-refractivity contribution in [3.63, 3.8) is 0 Å². The van der Waals surface area contributed by atoms with Crippen molar-refractivity contribution >= 4 is 17.3 Å². The Hall–Kier alpha value is -2.97. The Bertz CT molecular complexity index is 593. The zero-order valence-corrected chi connectivity index (χ0v) is 10.1. The van der Waals surface area contributed by atoms with Gasteiger partial charge >= 0.3 is 5.97 Å².